The van der Waals surface area contributed by atoms with Gasteiger partial charge in [0.2, 0.25) is 0 Å². The molecule has 0 amide bonds. The number of nitro groups is 1. The molecule has 0 aliphatic carbocycles. The molecule has 1 aliphatic heterocycles. The van der Waals surface area contributed by atoms with Crippen LogP contribution in [0.3, 0.4) is 0 Å². The summed E-state index contributed by atoms with van der Waals surface area (Å²) < 4.78 is 5.31. The lowest BCUT2D eigenvalue weighted by molar-refractivity contribution is -0.383. The molecule has 22 heavy (non-hydrogen) atoms. The summed E-state index contributed by atoms with van der Waals surface area (Å²) in [4.78, 5) is 10.9. The highest BCUT2D eigenvalue weighted by atomic mass is 16.6. The smallest absolute Gasteiger partial charge is 0.292 e. The zero-order chi connectivity index (χ0) is 15.5. The quantitative estimate of drug-likeness (QED) is 0.674. The number of aromatic nitrogens is 2. The second-order valence-corrected chi connectivity index (χ2v) is 5.21. The van der Waals surface area contributed by atoms with Gasteiger partial charge in [-0.3, -0.25) is 10.1 Å². The van der Waals surface area contributed by atoms with E-state index in [0.717, 1.165) is 18.7 Å². The van der Waals surface area contributed by atoms with Crippen molar-refractivity contribution in [1.29, 1.82) is 0 Å². The third kappa shape index (κ3) is 3.04. The number of aryl methyl sites for hydroxylation is 1. The van der Waals surface area contributed by atoms with E-state index in [0.29, 0.717) is 23.5 Å². The van der Waals surface area contributed by atoms with E-state index in [1.54, 1.807) is 18.2 Å². The lowest BCUT2D eigenvalue weighted by Crippen LogP contribution is -2.33. The first-order chi connectivity index (χ1) is 10.6. The summed E-state index contributed by atoms with van der Waals surface area (Å²) in [5, 5.41) is 22.4. The van der Waals surface area contributed by atoms with Crippen molar-refractivity contribution in [2.75, 3.05) is 18.5 Å². The average molecular weight is 300 g/mol. The minimum absolute atomic E-state index is 0.0270. The molecular formula is C15H16N4O3. The summed E-state index contributed by atoms with van der Waals surface area (Å²) in [6, 6.07) is 8.65. The molecule has 1 N–H and O–H groups in total. The van der Waals surface area contributed by atoms with Gasteiger partial charge in [0.25, 0.3) is 5.69 Å². The van der Waals surface area contributed by atoms with Gasteiger partial charge in [-0.25, -0.2) is 0 Å². The molecule has 0 saturated carbocycles. The van der Waals surface area contributed by atoms with Gasteiger partial charge in [0.1, 0.15) is 5.69 Å². The topological polar surface area (TPSA) is 90.2 Å². The molecule has 1 aromatic carbocycles. The molecule has 2 heterocycles. The lowest BCUT2D eigenvalue weighted by Gasteiger charge is -2.26. The molecule has 1 atom stereocenters. The number of ether oxygens (including phenoxy) is 1. The molecule has 114 valence electrons. The summed E-state index contributed by atoms with van der Waals surface area (Å²) in [5.41, 5.74) is 2.60. The highest BCUT2D eigenvalue weighted by Gasteiger charge is 2.20. The Morgan fingerprint density at radius 3 is 2.77 bits per heavy atom. The van der Waals surface area contributed by atoms with Gasteiger partial charge in [0.05, 0.1) is 22.4 Å². The predicted octanol–water partition coefficient (Wildman–Crippen LogP) is 2.56. The molecule has 0 spiro atoms. The largest absolute Gasteiger partial charge is 0.377 e. The summed E-state index contributed by atoms with van der Waals surface area (Å²) in [5.74, 6) is 0. The van der Waals surface area contributed by atoms with Crippen LogP contribution in [0.5, 0.6) is 0 Å². The summed E-state index contributed by atoms with van der Waals surface area (Å²) in [7, 11) is 0. The van der Waals surface area contributed by atoms with Gasteiger partial charge in [0.15, 0.2) is 0 Å². The molecule has 0 radical (unpaired) electrons. The molecule has 1 aliphatic rings. The van der Waals surface area contributed by atoms with Crippen LogP contribution >= 0.6 is 0 Å². The standard InChI is InChI=1S/C15H16N4O3/c1-10-2-4-13(18-17-10)11-3-5-14(15(8-11)19(20)21)16-9-12-6-7-22-12/h2-5,8,12,16H,6-7,9H2,1H3/t12-/m0/s1. The number of nitrogens with zero attached hydrogens (tertiary/aromatic N) is 3. The number of benzene rings is 1. The molecule has 1 saturated heterocycles. The first-order valence-corrected chi connectivity index (χ1v) is 7.08. The van der Waals surface area contributed by atoms with Crippen LogP contribution in [0, 0.1) is 17.0 Å². The summed E-state index contributed by atoms with van der Waals surface area (Å²) >= 11 is 0. The van der Waals surface area contributed by atoms with Gasteiger partial charge >= 0.3 is 0 Å². The van der Waals surface area contributed by atoms with Crippen molar-refractivity contribution in [3.63, 3.8) is 0 Å². The fraction of sp³-hybridized carbons (Fsp3) is 0.333. The highest BCUT2D eigenvalue weighted by Crippen LogP contribution is 2.30. The van der Waals surface area contributed by atoms with E-state index in [9.17, 15) is 10.1 Å². The highest BCUT2D eigenvalue weighted by molar-refractivity contribution is 5.71. The van der Waals surface area contributed by atoms with Gasteiger partial charge in [0, 0.05) is 24.8 Å². The molecule has 7 heteroatoms. The Bertz CT molecular complexity index is 684. The van der Waals surface area contributed by atoms with Crippen LogP contribution in [0.15, 0.2) is 30.3 Å². The first-order valence-electron chi connectivity index (χ1n) is 7.08. The van der Waals surface area contributed by atoms with Crippen LogP contribution in [0.1, 0.15) is 12.1 Å². The van der Waals surface area contributed by atoms with Crippen molar-refractivity contribution in [3.8, 4) is 11.3 Å². The van der Waals surface area contributed by atoms with Crippen LogP contribution < -0.4 is 5.32 Å². The Morgan fingerprint density at radius 2 is 2.18 bits per heavy atom. The predicted molar refractivity (Wildman–Crippen MR) is 81.7 cm³/mol. The Labute approximate surface area is 127 Å². The Balaban J connectivity index is 1.85. The fourth-order valence-electron chi connectivity index (χ4n) is 2.21. The molecule has 2 aromatic rings. The average Bonchev–Trinajstić information content (AvgIpc) is 2.46. The monoisotopic (exact) mass is 300 g/mol. The van der Waals surface area contributed by atoms with Gasteiger partial charge in [-0.05, 0) is 31.5 Å². The molecule has 0 bridgehead atoms. The summed E-state index contributed by atoms with van der Waals surface area (Å²) in [6.45, 7) is 3.18. The number of hydrogen-bond donors (Lipinski definition) is 1. The Morgan fingerprint density at radius 1 is 1.36 bits per heavy atom. The van der Waals surface area contributed by atoms with E-state index in [1.807, 2.05) is 13.0 Å². The van der Waals surface area contributed by atoms with Gasteiger partial charge in [-0.15, -0.1) is 0 Å². The van der Waals surface area contributed by atoms with Crippen LogP contribution in [-0.4, -0.2) is 34.4 Å². The van der Waals surface area contributed by atoms with Crippen LogP contribution in [0.4, 0.5) is 11.4 Å². The molecule has 1 fully saturated rings. The fourth-order valence-corrected chi connectivity index (χ4v) is 2.21. The zero-order valence-electron chi connectivity index (χ0n) is 12.2. The van der Waals surface area contributed by atoms with Gasteiger partial charge in [-0.2, -0.15) is 10.2 Å². The van der Waals surface area contributed by atoms with E-state index < -0.39 is 4.92 Å². The number of anilines is 1. The minimum atomic E-state index is -0.394. The Kier molecular flexibility index (Phi) is 3.97. The van der Waals surface area contributed by atoms with Crippen molar-refractivity contribution in [3.05, 3.63) is 46.1 Å². The molecular weight excluding hydrogens is 284 g/mol. The number of rotatable bonds is 5. The molecule has 1 aromatic heterocycles. The van der Waals surface area contributed by atoms with Gasteiger partial charge < -0.3 is 10.1 Å². The third-order valence-electron chi connectivity index (χ3n) is 3.60. The van der Waals surface area contributed by atoms with E-state index in [4.69, 9.17) is 4.74 Å². The van der Waals surface area contributed by atoms with E-state index >= 15 is 0 Å². The molecule has 7 nitrogen and oxygen atoms in total. The molecule has 0 unspecified atom stereocenters. The zero-order valence-corrected chi connectivity index (χ0v) is 12.2. The maximum Gasteiger partial charge on any atom is 0.292 e. The number of nitrogens with one attached hydrogen (secondary N) is 1. The normalized spacial score (nSPS) is 16.9. The van der Waals surface area contributed by atoms with E-state index in [1.165, 1.54) is 6.07 Å². The second-order valence-electron chi connectivity index (χ2n) is 5.21. The van der Waals surface area contributed by atoms with Crippen molar-refractivity contribution in [2.45, 2.75) is 19.4 Å². The van der Waals surface area contributed by atoms with Crippen LogP contribution in [-0.2, 0) is 4.74 Å². The maximum atomic E-state index is 11.3. The van der Waals surface area contributed by atoms with E-state index in [-0.39, 0.29) is 11.8 Å². The third-order valence-corrected chi connectivity index (χ3v) is 3.60. The minimum Gasteiger partial charge on any atom is -0.377 e. The summed E-state index contributed by atoms with van der Waals surface area (Å²) in [6.07, 6.45) is 1.12. The van der Waals surface area contributed by atoms with Crippen molar-refractivity contribution in [1.82, 2.24) is 10.2 Å². The lowest BCUT2D eigenvalue weighted by atomic mass is 10.1. The number of nitro benzene ring substituents is 1. The first kappa shape index (κ1) is 14.4. The van der Waals surface area contributed by atoms with Crippen molar-refractivity contribution < 1.29 is 9.66 Å². The molecule has 3 rings (SSSR count). The van der Waals surface area contributed by atoms with Crippen LogP contribution in [0.25, 0.3) is 11.3 Å². The van der Waals surface area contributed by atoms with E-state index in [2.05, 4.69) is 15.5 Å². The van der Waals surface area contributed by atoms with Crippen molar-refractivity contribution >= 4 is 11.4 Å². The SMILES string of the molecule is Cc1ccc(-c2ccc(NC[C@@H]3CCO3)c([N+](=O)[O-])c2)nn1. The Hall–Kier alpha value is -2.54. The van der Waals surface area contributed by atoms with Gasteiger partial charge in [-0.1, -0.05) is 6.07 Å². The second kappa shape index (κ2) is 6.07. The van der Waals surface area contributed by atoms with Crippen LogP contribution in [0.2, 0.25) is 0 Å². The number of hydrogen-bond acceptors (Lipinski definition) is 6. The maximum absolute atomic E-state index is 11.3. The van der Waals surface area contributed by atoms with Crippen molar-refractivity contribution in [2.24, 2.45) is 0 Å².